The molecule has 0 spiro atoms. The third-order valence-electron chi connectivity index (χ3n) is 2.93. The molecule has 1 heterocycles. The molecule has 112 valence electrons. The number of aromatic nitrogens is 2. The van der Waals surface area contributed by atoms with Crippen molar-refractivity contribution in [3.05, 3.63) is 36.2 Å². The number of hydrogen-bond donors (Lipinski definition) is 1. The number of anilines is 1. The normalized spacial score (nSPS) is 10.4. The van der Waals surface area contributed by atoms with E-state index in [1.807, 2.05) is 0 Å². The van der Waals surface area contributed by atoms with E-state index in [-0.39, 0.29) is 5.91 Å². The minimum Gasteiger partial charge on any atom is -0.453 e. The largest absolute Gasteiger partial charge is 0.453 e. The first-order valence-electron chi connectivity index (χ1n) is 6.82. The predicted octanol–water partition coefficient (Wildman–Crippen LogP) is 2.37. The molecule has 6 heteroatoms. The second kappa shape index (κ2) is 6.30. The van der Waals surface area contributed by atoms with E-state index in [1.165, 1.54) is 4.90 Å². The Labute approximate surface area is 124 Å². The van der Waals surface area contributed by atoms with Crippen LogP contribution in [-0.4, -0.2) is 34.7 Å². The molecule has 2 N–H and O–H groups in total. The smallest absolute Gasteiger partial charge is 0.257 e. The van der Waals surface area contributed by atoms with Crippen LogP contribution in [-0.2, 0) is 6.54 Å². The maximum Gasteiger partial charge on any atom is 0.257 e. The van der Waals surface area contributed by atoms with Gasteiger partial charge in [0.15, 0.2) is 5.75 Å². The highest BCUT2D eigenvalue weighted by Gasteiger charge is 2.16. The second-order valence-electron chi connectivity index (χ2n) is 5.00. The van der Waals surface area contributed by atoms with Gasteiger partial charge in [-0.3, -0.25) is 9.48 Å². The van der Waals surface area contributed by atoms with Gasteiger partial charge < -0.3 is 15.4 Å². The lowest BCUT2D eigenvalue weighted by Gasteiger charge is -2.14. The molecular weight excluding hydrogens is 268 g/mol. The topological polar surface area (TPSA) is 73.4 Å². The number of carbonyl (C=O) groups excluding carboxylic acids is 1. The predicted molar refractivity (Wildman–Crippen MR) is 81.5 cm³/mol. The van der Waals surface area contributed by atoms with Crippen LogP contribution < -0.4 is 10.5 Å². The molecule has 0 saturated carbocycles. The van der Waals surface area contributed by atoms with Gasteiger partial charge in [0.2, 0.25) is 0 Å². The highest BCUT2D eigenvalue weighted by molar-refractivity contribution is 5.97. The number of rotatable bonds is 5. The number of hydrogen-bond acceptors (Lipinski definition) is 4. The average molecular weight is 288 g/mol. The summed E-state index contributed by atoms with van der Waals surface area (Å²) in [5.74, 6) is 0.887. The summed E-state index contributed by atoms with van der Waals surface area (Å²) >= 11 is 0. The number of aryl methyl sites for hydroxylation is 1. The first-order valence-corrected chi connectivity index (χ1v) is 6.82. The van der Waals surface area contributed by atoms with E-state index >= 15 is 0 Å². The third kappa shape index (κ3) is 3.53. The zero-order valence-corrected chi connectivity index (χ0v) is 12.5. The van der Waals surface area contributed by atoms with Crippen LogP contribution in [0.15, 0.2) is 30.6 Å². The minimum atomic E-state index is -0.133. The molecule has 1 amide bonds. The Morgan fingerprint density at radius 1 is 1.43 bits per heavy atom. The zero-order chi connectivity index (χ0) is 15.4. The van der Waals surface area contributed by atoms with Crippen molar-refractivity contribution in [1.29, 1.82) is 0 Å². The van der Waals surface area contributed by atoms with Crippen molar-refractivity contribution in [2.45, 2.75) is 19.9 Å². The van der Waals surface area contributed by atoms with Gasteiger partial charge in [-0.05, 0) is 18.6 Å². The summed E-state index contributed by atoms with van der Waals surface area (Å²) in [6, 6.07) is 5.00. The van der Waals surface area contributed by atoms with Crippen molar-refractivity contribution >= 4 is 11.6 Å². The lowest BCUT2D eigenvalue weighted by molar-refractivity contribution is 0.0825. The van der Waals surface area contributed by atoms with Crippen LogP contribution in [0.2, 0.25) is 0 Å². The van der Waals surface area contributed by atoms with Gasteiger partial charge in [0.05, 0.1) is 18.0 Å². The van der Waals surface area contributed by atoms with E-state index in [4.69, 9.17) is 10.5 Å². The van der Waals surface area contributed by atoms with Crippen LogP contribution in [0.1, 0.15) is 23.7 Å². The molecule has 0 aliphatic rings. The van der Waals surface area contributed by atoms with Crippen molar-refractivity contribution < 1.29 is 9.53 Å². The fraction of sp³-hybridized carbons (Fsp3) is 0.333. The molecule has 0 fully saturated rings. The molecule has 1 aromatic carbocycles. The molecule has 2 aromatic rings. The molecule has 0 aliphatic carbocycles. The summed E-state index contributed by atoms with van der Waals surface area (Å²) in [6.45, 7) is 2.90. The summed E-state index contributed by atoms with van der Waals surface area (Å²) in [5.41, 5.74) is 6.80. The van der Waals surface area contributed by atoms with Gasteiger partial charge in [-0.2, -0.15) is 5.10 Å². The third-order valence-corrected chi connectivity index (χ3v) is 2.93. The molecule has 0 saturated heterocycles. The molecular formula is C15H20N4O2. The maximum atomic E-state index is 12.2. The molecule has 0 radical (unpaired) electrons. The van der Waals surface area contributed by atoms with E-state index in [2.05, 4.69) is 12.0 Å². The van der Waals surface area contributed by atoms with Gasteiger partial charge in [0.1, 0.15) is 5.75 Å². The van der Waals surface area contributed by atoms with Crippen molar-refractivity contribution in [3.63, 3.8) is 0 Å². The number of amides is 1. The quantitative estimate of drug-likeness (QED) is 0.857. The Hall–Kier alpha value is -2.50. The molecule has 2 rings (SSSR count). The number of benzene rings is 1. The van der Waals surface area contributed by atoms with Crippen molar-refractivity contribution in [2.24, 2.45) is 0 Å². The van der Waals surface area contributed by atoms with Gasteiger partial charge in [-0.25, -0.2) is 0 Å². The van der Waals surface area contributed by atoms with Gasteiger partial charge >= 0.3 is 0 Å². The van der Waals surface area contributed by atoms with Gasteiger partial charge in [0.25, 0.3) is 5.91 Å². The monoisotopic (exact) mass is 288 g/mol. The van der Waals surface area contributed by atoms with Gasteiger partial charge in [-0.1, -0.05) is 6.92 Å². The van der Waals surface area contributed by atoms with Crippen molar-refractivity contribution in [1.82, 2.24) is 14.7 Å². The fourth-order valence-corrected chi connectivity index (χ4v) is 1.92. The first-order chi connectivity index (χ1) is 10.0. The first kappa shape index (κ1) is 14.9. The Balaban J connectivity index is 2.29. The Kier molecular flexibility index (Phi) is 4.47. The summed E-state index contributed by atoms with van der Waals surface area (Å²) in [6.07, 6.45) is 4.42. The zero-order valence-electron chi connectivity index (χ0n) is 12.5. The highest BCUT2D eigenvalue weighted by atomic mass is 16.5. The molecule has 0 atom stereocenters. The number of nitrogen functional groups attached to an aromatic ring is 1. The standard InChI is InChI=1S/C15H20N4O2/c1-4-7-19-10-12(9-17-19)21-14-8-11(16)5-6-13(14)15(20)18(2)3/h5-6,8-10H,4,7,16H2,1-3H3. The summed E-state index contributed by atoms with van der Waals surface area (Å²) in [4.78, 5) is 13.7. The Morgan fingerprint density at radius 3 is 2.86 bits per heavy atom. The molecule has 0 aliphatic heterocycles. The summed E-state index contributed by atoms with van der Waals surface area (Å²) in [7, 11) is 3.39. The molecule has 1 aromatic heterocycles. The second-order valence-corrected chi connectivity index (χ2v) is 5.00. The Morgan fingerprint density at radius 2 is 2.19 bits per heavy atom. The number of ether oxygens (including phenoxy) is 1. The van der Waals surface area contributed by atoms with E-state index < -0.39 is 0 Å². The van der Waals surface area contributed by atoms with Crippen LogP contribution >= 0.6 is 0 Å². The van der Waals surface area contributed by atoms with E-state index in [0.29, 0.717) is 22.7 Å². The molecule has 0 bridgehead atoms. The van der Waals surface area contributed by atoms with Crippen LogP contribution in [0, 0.1) is 0 Å². The number of nitrogens with zero attached hydrogens (tertiary/aromatic N) is 3. The fourth-order valence-electron chi connectivity index (χ4n) is 1.92. The van der Waals surface area contributed by atoms with E-state index in [1.54, 1.807) is 49.4 Å². The van der Waals surface area contributed by atoms with Crippen molar-refractivity contribution in [2.75, 3.05) is 19.8 Å². The van der Waals surface area contributed by atoms with Gasteiger partial charge in [-0.15, -0.1) is 0 Å². The lowest BCUT2D eigenvalue weighted by atomic mass is 10.1. The number of carbonyl (C=O) groups is 1. The van der Waals surface area contributed by atoms with Crippen LogP contribution in [0.4, 0.5) is 5.69 Å². The van der Waals surface area contributed by atoms with E-state index in [9.17, 15) is 4.79 Å². The average Bonchev–Trinajstić information content (AvgIpc) is 2.86. The van der Waals surface area contributed by atoms with Gasteiger partial charge in [0, 0.05) is 32.4 Å². The van der Waals surface area contributed by atoms with Crippen LogP contribution in [0.25, 0.3) is 0 Å². The van der Waals surface area contributed by atoms with Crippen LogP contribution in [0.5, 0.6) is 11.5 Å². The molecule has 21 heavy (non-hydrogen) atoms. The summed E-state index contributed by atoms with van der Waals surface area (Å²) in [5, 5.41) is 4.20. The minimum absolute atomic E-state index is 0.133. The molecule has 6 nitrogen and oxygen atoms in total. The SMILES string of the molecule is CCCn1cc(Oc2cc(N)ccc2C(=O)N(C)C)cn1. The van der Waals surface area contributed by atoms with Crippen LogP contribution in [0.3, 0.4) is 0 Å². The van der Waals surface area contributed by atoms with E-state index in [0.717, 1.165) is 13.0 Å². The molecule has 0 unspecified atom stereocenters. The van der Waals surface area contributed by atoms with Crippen molar-refractivity contribution in [3.8, 4) is 11.5 Å². The lowest BCUT2D eigenvalue weighted by Crippen LogP contribution is -2.22. The Bertz CT molecular complexity index is 634. The maximum absolute atomic E-state index is 12.2. The highest BCUT2D eigenvalue weighted by Crippen LogP contribution is 2.28. The number of nitrogens with two attached hydrogens (primary N) is 1. The summed E-state index contributed by atoms with van der Waals surface area (Å²) < 4.78 is 7.58.